The van der Waals surface area contributed by atoms with Crippen LogP contribution in [-0.2, 0) is 25.8 Å². The Kier molecular flexibility index (Phi) is 6.84. The van der Waals surface area contributed by atoms with E-state index in [0.717, 1.165) is 22.7 Å². The highest BCUT2D eigenvalue weighted by Crippen LogP contribution is 2.32. The number of anilines is 2. The maximum Gasteiger partial charge on any atom is 0.224 e. The first-order valence-corrected chi connectivity index (χ1v) is 13.1. The van der Waals surface area contributed by atoms with Gasteiger partial charge >= 0.3 is 0 Å². The van der Waals surface area contributed by atoms with Crippen molar-refractivity contribution in [3.05, 3.63) is 48.0 Å². The van der Waals surface area contributed by atoms with Crippen molar-refractivity contribution in [2.45, 2.75) is 36.8 Å². The highest BCUT2D eigenvalue weighted by Gasteiger charge is 2.31. The molecule has 2 aromatic rings. The fraction of sp³-hybridized carbons (Fsp3) is 0.440. The largest absolute Gasteiger partial charge is 0.495 e. The first kappa shape index (κ1) is 24.1. The van der Waals surface area contributed by atoms with Gasteiger partial charge in [-0.15, -0.1) is 0 Å². The number of sulfone groups is 1. The molecular weight excluding hydrogens is 454 g/mol. The molecule has 9 heteroatoms. The van der Waals surface area contributed by atoms with Crippen LogP contribution >= 0.6 is 0 Å². The fourth-order valence-electron chi connectivity index (χ4n) is 4.69. The van der Waals surface area contributed by atoms with Crippen molar-refractivity contribution in [3.8, 4) is 5.75 Å². The van der Waals surface area contributed by atoms with Crippen LogP contribution in [0.3, 0.4) is 0 Å². The molecule has 2 aliphatic rings. The van der Waals surface area contributed by atoms with Gasteiger partial charge in [-0.05, 0) is 49.2 Å². The predicted octanol–water partition coefficient (Wildman–Crippen LogP) is 2.51. The van der Waals surface area contributed by atoms with Gasteiger partial charge in [0.1, 0.15) is 5.75 Å². The van der Waals surface area contributed by atoms with Crippen molar-refractivity contribution >= 4 is 33.0 Å². The number of amides is 2. The van der Waals surface area contributed by atoms with Gasteiger partial charge in [0.15, 0.2) is 9.84 Å². The minimum atomic E-state index is -3.67. The smallest absolute Gasteiger partial charge is 0.224 e. The summed E-state index contributed by atoms with van der Waals surface area (Å²) in [5.41, 5.74) is 2.61. The monoisotopic (exact) mass is 485 g/mol. The van der Waals surface area contributed by atoms with Gasteiger partial charge in [0.25, 0.3) is 0 Å². The number of carbonyl (C=O) groups excluding carboxylic acids is 2. The van der Waals surface area contributed by atoms with Crippen molar-refractivity contribution in [3.63, 3.8) is 0 Å². The first-order valence-electron chi connectivity index (χ1n) is 11.5. The van der Waals surface area contributed by atoms with Crippen molar-refractivity contribution < 1.29 is 22.7 Å². The topological polar surface area (TPSA) is 87.2 Å². The van der Waals surface area contributed by atoms with Crippen molar-refractivity contribution in [1.29, 1.82) is 0 Å². The molecule has 1 fully saturated rings. The highest BCUT2D eigenvalue weighted by atomic mass is 32.2. The SMILES string of the molecule is COc1ccccc1N1CCN(C(=O)C[C@H](C)S(=O)(=O)c2ccc3c(c2)CCN3C(C)=O)CC1. The van der Waals surface area contributed by atoms with Crippen LogP contribution in [0.25, 0.3) is 0 Å². The molecule has 2 aromatic carbocycles. The fourth-order valence-corrected chi connectivity index (χ4v) is 6.08. The third-order valence-electron chi connectivity index (χ3n) is 6.71. The minimum absolute atomic E-state index is 0.0564. The lowest BCUT2D eigenvalue weighted by atomic mass is 10.2. The first-order chi connectivity index (χ1) is 16.2. The predicted molar refractivity (Wildman–Crippen MR) is 131 cm³/mol. The van der Waals surface area contributed by atoms with E-state index >= 15 is 0 Å². The van der Waals surface area contributed by atoms with E-state index < -0.39 is 15.1 Å². The number of ether oxygens (including phenoxy) is 1. The third-order valence-corrected chi connectivity index (χ3v) is 8.84. The summed E-state index contributed by atoms with van der Waals surface area (Å²) in [5.74, 6) is 0.585. The molecule has 0 saturated carbocycles. The molecule has 0 aromatic heterocycles. The summed E-state index contributed by atoms with van der Waals surface area (Å²) in [4.78, 5) is 30.5. The maximum absolute atomic E-state index is 13.2. The lowest BCUT2D eigenvalue weighted by Gasteiger charge is -2.37. The van der Waals surface area contributed by atoms with Gasteiger partial charge < -0.3 is 19.4 Å². The number of para-hydroxylation sites is 2. The molecule has 2 aliphatic heterocycles. The van der Waals surface area contributed by atoms with Crippen molar-refractivity contribution in [2.75, 3.05) is 49.6 Å². The Morgan fingerprint density at radius 1 is 1.00 bits per heavy atom. The summed E-state index contributed by atoms with van der Waals surface area (Å²) in [6.07, 6.45) is 0.565. The number of piperazine rings is 1. The molecule has 0 radical (unpaired) electrons. The Balaban J connectivity index is 1.39. The van der Waals surface area contributed by atoms with Gasteiger partial charge in [0, 0.05) is 51.8 Å². The average Bonchev–Trinajstić information content (AvgIpc) is 3.27. The number of methoxy groups -OCH3 is 1. The zero-order chi connectivity index (χ0) is 24.5. The molecule has 182 valence electrons. The highest BCUT2D eigenvalue weighted by molar-refractivity contribution is 7.92. The second kappa shape index (κ2) is 9.66. The van der Waals surface area contributed by atoms with Crippen LogP contribution in [0.2, 0.25) is 0 Å². The molecule has 0 aliphatic carbocycles. The molecule has 0 N–H and O–H groups in total. The minimum Gasteiger partial charge on any atom is -0.495 e. The molecule has 2 amide bonds. The zero-order valence-electron chi connectivity index (χ0n) is 19.9. The number of carbonyl (C=O) groups is 2. The van der Waals surface area contributed by atoms with Crippen LogP contribution in [0.15, 0.2) is 47.4 Å². The van der Waals surface area contributed by atoms with E-state index in [1.807, 2.05) is 24.3 Å². The van der Waals surface area contributed by atoms with Crippen LogP contribution < -0.4 is 14.5 Å². The zero-order valence-corrected chi connectivity index (χ0v) is 20.7. The Bertz CT molecular complexity index is 1190. The van der Waals surface area contributed by atoms with E-state index in [1.165, 1.54) is 6.92 Å². The third kappa shape index (κ3) is 4.61. The number of hydrogen-bond acceptors (Lipinski definition) is 6. The van der Waals surface area contributed by atoms with Crippen LogP contribution in [0.1, 0.15) is 25.8 Å². The number of nitrogens with zero attached hydrogens (tertiary/aromatic N) is 3. The Morgan fingerprint density at radius 2 is 1.71 bits per heavy atom. The van der Waals surface area contributed by atoms with Gasteiger partial charge in [-0.25, -0.2) is 8.42 Å². The molecule has 2 heterocycles. The Labute approximate surface area is 201 Å². The summed E-state index contributed by atoms with van der Waals surface area (Å²) in [7, 11) is -2.03. The van der Waals surface area contributed by atoms with Crippen molar-refractivity contribution in [1.82, 2.24) is 4.90 Å². The number of benzene rings is 2. The summed E-state index contributed by atoms with van der Waals surface area (Å²) < 4.78 is 31.8. The van der Waals surface area contributed by atoms with E-state index in [9.17, 15) is 18.0 Å². The summed E-state index contributed by atoms with van der Waals surface area (Å²) in [5, 5.41) is -0.837. The second-order valence-corrected chi connectivity index (χ2v) is 11.2. The number of hydrogen-bond donors (Lipinski definition) is 0. The second-order valence-electron chi connectivity index (χ2n) is 8.81. The number of fused-ring (bicyclic) bond motifs is 1. The standard InChI is InChI=1S/C25H31N3O5S/c1-18(34(31,32)21-8-9-22-20(17-21)10-11-28(22)19(2)29)16-25(30)27-14-12-26(13-15-27)23-6-4-5-7-24(23)33-3/h4-9,17-18H,10-16H2,1-3H3/t18-/m0/s1. The van der Waals surface area contributed by atoms with E-state index in [-0.39, 0.29) is 23.1 Å². The molecule has 8 nitrogen and oxygen atoms in total. The van der Waals surface area contributed by atoms with E-state index in [1.54, 1.807) is 42.0 Å². The lowest BCUT2D eigenvalue weighted by molar-refractivity contribution is -0.131. The van der Waals surface area contributed by atoms with E-state index in [4.69, 9.17) is 4.74 Å². The molecule has 34 heavy (non-hydrogen) atoms. The maximum atomic E-state index is 13.2. The molecular formula is C25H31N3O5S. The van der Waals surface area contributed by atoms with E-state index in [2.05, 4.69) is 4.90 Å². The molecule has 0 bridgehead atoms. The van der Waals surface area contributed by atoms with Gasteiger partial charge in [-0.2, -0.15) is 0 Å². The molecule has 0 spiro atoms. The lowest BCUT2D eigenvalue weighted by Crippen LogP contribution is -2.49. The van der Waals surface area contributed by atoms with Crippen LogP contribution in [0.4, 0.5) is 11.4 Å². The van der Waals surface area contributed by atoms with Crippen LogP contribution in [0.5, 0.6) is 5.75 Å². The normalized spacial score (nSPS) is 16.9. The number of rotatable bonds is 6. The van der Waals surface area contributed by atoms with Gasteiger partial charge in [-0.3, -0.25) is 9.59 Å². The Hall–Kier alpha value is -3.07. The average molecular weight is 486 g/mol. The Morgan fingerprint density at radius 3 is 2.38 bits per heavy atom. The summed E-state index contributed by atoms with van der Waals surface area (Å²) in [6, 6.07) is 12.7. The van der Waals surface area contributed by atoms with Crippen LogP contribution in [-0.4, -0.2) is 70.2 Å². The van der Waals surface area contributed by atoms with Gasteiger partial charge in [0.05, 0.1) is 22.9 Å². The van der Waals surface area contributed by atoms with Gasteiger partial charge in [0.2, 0.25) is 11.8 Å². The van der Waals surface area contributed by atoms with Crippen molar-refractivity contribution in [2.24, 2.45) is 0 Å². The molecule has 1 saturated heterocycles. The summed E-state index contributed by atoms with van der Waals surface area (Å²) in [6.45, 7) is 6.03. The quantitative estimate of drug-likeness (QED) is 0.625. The van der Waals surface area contributed by atoms with Crippen LogP contribution in [0, 0.1) is 0 Å². The van der Waals surface area contributed by atoms with Gasteiger partial charge in [-0.1, -0.05) is 12.1 Å². The molecule has 4 rings (SSSR count). The summed E-state index contributed by atoms with van der Waals surface area (Å²) >= 11 is 0. The molecule has 1 atom stereocenters. The molecule has 0 unspecified atom stereocenters. The van der Waals surface area contributed by atoms with E-state index in [0.29, 0.717) is 39.1 Å².